The number of rotatable bonds is 3. The van der Waals surface area contributed by atoms with Crippen LogP contribution in [0.4, 0.5) is 0 Å². The highest BCUT2D eigenvalue weighted by Crippen LogP contribution is 2.23. The lowest BCUT2D eigenvalue weighted by molar-refractivity contribution is 0.0519. The third-order valence-corrected chi connectivity index (χ3v) is 2.83. The molecule has 18 heavy (non-hydrogen) atoms. The average Bonchev–Trinajstić information content (AvgIpc) is 2.72. The Hall–Kier alpha value is -1.52. The van der Waals surface area contributed by atoms with Crippen molar-refractivity contribution in [1.82, 2.24) is 9.78 Å². The highest BCUT2D eigenvalue weighted by molar-refractivity contribution is 6.33. The first-order chi connectivity index (χ1) is 8.63. The van der Waals surface area contributed by atoms with Gasteiger partial charge in [-0.15, -0.1) is 0 Å². The number of carbonyl (C=O) groups is 1. The molecule has 0 amide bonds. The summed E-state index contributed by atoms with van der Waals surface area (Å²) < 4.78 is 6.31. The van der Waals surface area contributed by atoms with Gasteiger partial charge in [0.2, 0.25) is 0 Å². The largest absolute Gasteiger partial charge is 0.461 e. The maximum atomic E-state index is 11.6. The monoisotopic (exact) mass is 284 g/mol. The molecule has 1 aromatic carbocycles. The van der Waals surface area contributed by atoms with E-state index in [0.717, 1.165) is 0 Å². The minimum atomic E-state index is -0.548. The van der Waals surface area contributed by atoms with Crippen LogP contribution in [0.25, 0.3) is 5.69 Å². The molecule has 0 N–H and O–H groups in total. The molecular weight excluding hydrogens is 275 g/mol. The van der Waals surface area contributed by atoms with Gasteiger partial charge in [-0.25, -0.2) is 9.48 Å². The molecule has 0 bridgehead atoms. The number of aromatic nitrogens is 2. The summed E-state index contributed by atoms with van der Waals surface area (Å²) >= 11 is 12.0. The lowest BCUT2D eigenvalue weighted by Gasteiger charge is -2.02. The second kappa shape index (κ2) is 5.42. The molecule has 0 radical (unpaired) electrons. The van der Waals surface area contributed by atoms with Crippen LogP contribution >= 0.6 is 23.2 Å². The Bertz CT molecular complexity index is 581. The van der Waals surface area contributed by atoms with Gasteiger partial charge in [0.15, 0.2) is 5.69 Å². The first kappa shape index (κ1) is 12.9. The Balaban J connectivity index is 2.41. The minimum absolute atomic E-state index is 0.0819. The number of hydrogen-bond acceptors (Lipinski definition) is 3. The topological polar surface area (TPSA) is 44.1 Å². The van der Waals surface area contributed by atoms with Gasteiger partial charge in [-0.05, 0) is 19.1 Å². The molecule has 0 aliphatic rings. The fourth-order valence-corrected chi connectivity index (χ4v) is 1.88. The Morgan fingerprint density at radius 2 is 2.06 bits per heavy atom. The predicted octanol–water partition coefficient (Wildman–Crippen LogP) is 3.36. The van der Waals surface area contributed by atoms with Gasteiger partial charge in [-0.1, -0.05) is 35.3 Å². The molecule has 0 saturated heterocycles. The molecule has 0 spiro atoms. The third kappa shape index (κ3) is 2.49. The molecule has 1 aromatic heterocycles. The molecule has 4 nitrogen and oxygen atoms in total. The van der Waals surface area contributed by atoms with Crippen LogP contribution in [0.3, 0.4) is 0 Å². The summed E-state index contributed by atoms with van der Waals surface area (Å²) in [5.74, 6) is -0.548. The van der Waals surface area contributed by atoms with Gasteiger partial charge in [-0.2, -0.15) is 5.10 Å². The number of nitrogens with zero attached hydrogens (tertiary/aromatic N) is 2. The summed E-state index contributed by atoms with van der Waals surface area (Å²) in [5.41, 5.74) is 0.732. The highest BCUT2D eigenvalue weighted by atomic mass is 35.5. The number of carbonyl (C=O) groups excluding carboxylic acids is 1. The summed E-state index contributed by atoms with van der Waals surface area (Å²) in [5, 5.41) is 4.84. The zero-order valence-corrected chi connectivity index (χ0v) is 11.1. The number of ether oxygens (including phenoxy) is 1. The SMILES string of the molecule is CCOC(=O)c1nn(-c2ccccc2Cl)cc1Cl. The van der Waals surface area contributed by atoms with Crippen molar-refractivity contribution in [2.24, 2.45) is 0 Å². The lowest BCUT2D eigenvalue weighted by Crippen LogP contribution is -2.07. The van der Waals surface area contributed by atoms with E-state index in [1.165, 1.54) is 10.9 Å². The Morgan fingerprint density at radius 1 is 1.33 bits per heavy atom. The normalized spacial score (nSPS) is 10.4. The Kier molecular flexibility index (Phi) is 3.89. The van der Waals surface area contributed by atoms with E-state index in [1.807, 2.05) is 12.1 Å². The molecule has 0 aliphatic heterocycles. The summed E-state index contributed by atoms with van der Waals surface area (Å²) in [6.45, 7) is 1.99. The number of benzene rings is 1. The standard InChI is InChI=1S/C12H10Cl2N2O2/c1-2-18-12(17)11-9(14)7-16(15-11)10-6-4-3-5-8(10)13/h3-7H,2H2,1H3. The summed E-state index contributed by atoms with van der Waals surface area (Å²) in [7, 11) is 0. The number of para-hydroxylation sites is 1. The Labute approximate surface area is 114 Å². The van der Waals surface area contributed by atoms with Gasteiger partial charge in [-0.3, -0.25) is 0 Å². The number of halogens is 2. The summed E-state index contributed by atoms with van der Waals surface area (Å²) in [4.78, 5) is 11.6. The van der Waals surface area contributed by atoms with Crippen LogP contribution in [-0.4, -0.2) is 22.4 Å². The molecule has 0 saturated carbocycles. The summed E-state index contributed by atoms with van der Waals surface area (Å²) in [6.07, 6.45) is 1.52. The molecule has 0 atom stereocenters. The third-order valence-electron chi connectivity index (χ3n) is 2.24. The van der Waals surface area contributed by atoms with Gasteiger partial charge in [0.25, 0.3) is 0 Å². The zero-order valence-electron chi connectivity index (χ0n) is 9.56. The van der Waals surface area contributed by atoms with E-state index in [2.05, 4.69) is 5.10 Å². The van der Waals surface area contributed by atoms with E-state index in [9.17, 15) is 4.79 Å². The van der Waals surface area contributed by atoms with Crippen LogP contribution < -0.4 is 0 Å². The highest BCUT2D eigenvalue weighted by Gasteiger charge is 2.17. The van der Waals surface area contributed by atoms with Gasteiger partial charge >= 0.3 is 5.97 Å². The maximum absolute atomic E-state index is 11.6. The van der Waals surface area contributed by atoms with Crippen LogP contribution in [0.1, 0.15) is 17.4 Å². The number of hydrogen-bond donors (Lipinski definition) is 0. The van der Waals surface area contributed by atoms with Crippen molar-refractivity contribution in [2.75, 3.05) is 6.61 Å². The molecule has 0 aliphatic carbocycles. The second-order valence-electron chi connectivity index (χ2n) is 3.44. The minimum Gasteiger partial charge on any atom is -0.461 e. The molecule has 0 fully saturated rings. The van der Waals surface area contributed by atoms with Gasteiger partial charge in [0.05, 0.1) is 28.5 Å². The lowest BCUT2D eigenvalue weighted by atomic mass is 10.3. The fraction of sp³-hybridized carbons (Fsp3) is 0.167. The van der Waals surface area contributed by atoms with E-state index in [1.54, 1.807) is 19.1 Å². The van der Waals surface area contributed by atoms with Gasteiger partial charge < -0.3 is 4.74 Å². The first-order valence-electron chi connectivity index (χ1n) is 5.30. The fourth-order valence-electron chi connectivity index (χ4n) is 1.45. The molecule has 2 rings (SSSR count). The maximum Gasteiger partial charge on any atom is 0.360 e. The van der Waals surface area contributed by atoms with Gasteiger partial charge in [0, 0.05) is 0 Å². The quantitative estimate of drug-likeness (QED) is 0.812. The Morgan fingerprint density at radius 3 is 2.72 bits per heavy atom. The molecular formula is C12H10Cl2N2O2. The van der Waals surface area contributed by atoms with Crippen LogP contribution in [0, 0.1) is 0 Å². The van der Waals surface area contributed by atoms with Crippen LogP contribution in [0.15, 0.2) is 30.5 Å². The molecule has 6 heteroatoms. The van der Waals surface area contributed by atoms with Crippen LogP contribution in [0.5, 0.6) is 0 Å². The van der Waals surface area contributed by atoms with Crippen molar-refractivity contribution in [2.45, 2.75) is 6.92 Å². The summed E-state index contributed by atoms with van der Waals surface area (Å²) in [6, 6.07) is 7.14. The van der Waals surface area contributed by atoms with E-state index in [0.29, 0.717) is 10.7 Å². The van der Waals surface area contributed by atoms with Crippen molar-refractivity contribution in [3.63, 3.8) is 0 Å². The van der Waals surface area contributed by atoms with Crippen molar-refractivity contribution < 1.29 is 9.53 Å². The number of esters is 1. The first-order valence-corrected chi connectivity index (χ1v) is 6.06. The zero-order chi connectivity index (χ0) is 13.1. The smallest absolute Gasteiger partial charge is 0.360 e. The van der Waals surface area contributed by atoms with Crippen LogP contribution in [0.2, 0.25) is 10.0 Å². The van der Waals surface area contributed by atoms with Gasteiger partial charge in [0.1, 0.15) is 0 Å². The molecule has 2 aromatic rings. The van der Waals surface area contributed by atoms with E-state index in [-0.39, 0.29) is 17.3 Å². The molecule has 1 heterocycles. The van der Waals surface area contributed by atoms with E-state index >= 15 is 0 Å². The van der Waals surface area contributed by atoms with Crippen LogP contribution in [-0.2, 0) is 4.74 Å². The van der Waals surface area contributed by atoms with Crippen molar-refractivity contribution >= 4 is 29.2 Å². The second-order valence-corrected chi connectivity index (χ2v) is 4.26. The van der Waals surface area contributed by atoms with Crippen molar-refractivity contribution in [3.05, 3.63) is 46.2 Å². The molecule has 94 valence electrons. The molecule has 0 unspecified atom stereocenters. The average molecular weight is 285 g/mol. The van der Waals surface area contributed by atoms with E-state index < -0.39 is 5.97 Å². The van der Waals surface area contributed by atoms with E-state index in [4.69, 9.17) is 27.9 Å². The predicted molar refractivity (Wildman–Crippen MR) is 69.5 cm³/mol. The van der Waals surface area contributed by atoms with Crippen molar-refractivity contribution in [3.8, 4) is 5.69 Å². The van der Waals surface area contributed by atoms with Crippen molar-refractivity contribution in [1.29, 1.82) is 0 Å².